The first-order valence-electron chi connectivity index (χ1n) is 8.26. The summed E-state index contributed by atoms with van der Waals surface area (Å²) in [5.41, 5.74) is 1.89. The van der Waals surface area contributed by atoms with Crippen molar-refractivity contribution < 1.29 is 24.1 Å². The topological polar surface area (TPSA) is 71.5 Å². The average molecular weight is 353 g/mol. The Morgan fingerprint density at radius 3 is 2.50 bits per heavy atom. The maximum atomic E-state index is 13.0. The molecule has 0 unspecified atom stereocenters. The third kappa shape index (κ3) is 2.68. The first-order valence-corrected chi connectivity index (χ1v) is 8.26. The molecule has 0 aliphatic carbocycles. The SMILES string of the molecule is COc1ccc(C2=CN(C(=O)c3ccc(O)c(OC)c3)[C@]3(CO3)C2)cc1. The summed E-state index contributed by atoms with van der Waals surface area (Å²) < 4.78 is 15.9. The van der Waals surface area contributed by atoms with Crippen LogP contribution in [-0.4, -0.2) is 42.5 Å². The van der Waals surface area contributed by atoms with Crippen LogP contribution in [0.5, 0.6) is 17.2 Å². The van der Waals surface area contributed by atoms with E-state index in [1.54, 1.807) is 18.1 Å². The maximum absolute atomic E-state index is 13.0. The highest BCUT2D eigenvalue weighted by Gasteiger charge is 2.55. The highest BCUT2D eigenvalue weighted by Crippen LogP contribution is 2.47. The third-order valence-electron chi connectivity index (χ3n) is 4.77. The van der Waals surface area contributed by atoms with Crippen molar-refractivity contribution in [3.05, 3.63) is 59.8 Å². The van der Waals surface area contributed by atoms with Gasteiger partial charge in [-0.05, 0) is 41.5 Å². The van der Waals surface area contributed by atoms with E-state index in [0.717, 1.165) is 16.9 Å². The molecule has 2 aliphatic rings. The summed E-state index contributed by atoms with van der Waals surface area (Å²) in [6.07, 6.45) is 2.48. The Hall–Kier alpha value is -2.99. The lowest BCUT2D eigenvalue weighted by Gasteiger charge is -2.20. The van der Waals surface area contributed by atoms with Crippen LogP contribution in [0.3, 0.4) is 0 Å². The number of amides is 1. The summed E-state index contributed by atoms with van der Waals surface area (Å²) >= 11 is 0. The van der Waals surface area contributed by atoms with Gasteiger partial charge in [0.2, 0.25) is 0 Å². The number of carbonyl (C=O) groups excluding carboxylic acids is 1. The van der Waals surface area contributed by atoms with E-state index in [9.17, 15) is 9.90 Å². The number of hydrogen-bond donors (Lipinski definition) is 1. The number of benzene rings is 2. The Morgan fingerprint density at radius 1 is 1.15 bits per heavy atom. The van der Waals surface area contributed by atoms with Crippen LogP contribution in [0.1, 0.15) is 22.3 Å². The zero-order chi connectivity index (χ0) is 18.3. The van der Waals surface area contributed by atoms with Gasteiger partial charge in [-0.3, -0.25) is 9.69 Å². The Balaban J connectivity index is 1.64. The molecule has 0 radical (unpaired) electrons. The highest BCUT2D eigenvalue weighted by molar-refractivity contribution is 5.98. The quantitative estimate of drug-likeness (QED) is 0.856. The average Bonchev–Trinajstić information content (AvgIpc) is 3.34. The molecule has 4 rings (SSSR count). The van der Waals surface area contributed by atoms with Crippen LogP contribution < -0.4 is 9.47 Å². The van der Waals surface area contributed by atoms with E-state index in [1.807, 2.05) is 30.5 Å². The number of epoxide rings is 1. The number of aromatic hydroxyl groups is 1. The zero-order valence-corrected chi connectivity index (χ0v) is 14.6. The lowest BCUT2D eigenvalue weighted by Crippen LogP contribution is -2.35. The predicted molar refractivity (Wildman–Crippen MR) is 95.1 cm³/mol. The smallest absolute Gasteiger partial charge is 0.260 e. The number of ether oxygens (including phenoxy) is 3. The van der Waals surface area contributed by atoms with Crippen molar-refractivity contribution in [2.24, 2.45) is 0 Å². The highest BCUT2D eigenvalue weighted by atomic mass is 16.6. The van der Waals surface area contributed by atoms with Gasteiger partial charge in [-0.2, -0.15) is 0 Å². The van der Waals surface area contributed by atoms with Gasteiger partial charge >= 0.3 is 0 Å². The molecule has 2 aromatic carbocycles. The maximum Gasteiger partial charge on any atom is 0.260 e. The molecule has 6 nitrogen and oxygen atoms in total. The van der Waals surface area contributed by atoms with Crippen molar-refractivity contribution >= 4 is 11.5 Å². The molecule has 1 spiro atoms. The Labute approximate surface area is 151 Å². The van der Waals surface area contributed by atoms with E-state index >= 15 is 0 Å². The number of nitrogens with zero attached hydrogens (tertiary/aromatic N) is 1. The molecular weight excluding hydrogens is 334 g/mol. The van der Waals surface area contributed by atoms with Crippen LogP contribution >= 0.6 is 0 Å². The van der Waals surface area contributed by atoms with Gasteiger partial charge in [0.1, 0.15) is 5.75 Å². The largest absolute Gasteiger partial charge is 0.504 e. The van der Waals surface area contributed by atoms with Gasteiger partial charge in [0.15, 0.2) is 17.2 Å². The van der Waals surface area contributed by atoms with Gasteiger partial charge < -0.3 is 19.3 Å². The van der Waals surface area contributed by atoms with Crippen molar-refractivity contribution in [2.45, 2.75) is 12.1 Å². The Kier molecular flexibility index (Phi) is 3.85. The molecule has 2 aromatic rings. The molecule has 134 valence electrons. The van der Waals surface area contributed by atoms with Crippen LogP contribution in [-0.2, 0) is 4.74 Å². The van der Waals surface area contributed by atoms with Crippen molar-refractivity contribution in [1.29, 1.82) is 0 Å². The van der Waals surface area contributed by atoms with E-state index < -0.39 is 5.72 Å². The van der Waals surface area contributed by atoms with Crippen LogP contribution in [0, 0.1) is 0 Å². The minimum absolute atomic E-state index is 0.00248. The Morgan fingerprint density at radius 2 is 1.88 bits per heavy atom. The predicted octanol–water partition coefficient (Wildman–Crippen LogP) is 3.02. The van der Waals surface area contributed by atoms with Gasteiger partial charge in [0.25, 0.3) is 5.91 Å². The van der Waals surface area contributed by atoms with Crippen LogP contribution in [0.25, 0.3) is 5.57 Å². The van der Waals surface area contributed by atoms with E-state index in [-0.39, 0.29) is 17.4 Å². The fourth-order valence-corrected chi connectivity index (χ4v) is 3.20. The summed E-state index contributed by atoms with van der Waals surface area (Å²) in [4.78, 5) is 14.6. The fourth-order valence-electron chi connectivity index (χ4n) is 3.20. The number of hydrogen-bond acceptors (Lipinski definition) is 5. The summed E-state index contributed by atoms with van der Waals surface area (Å²) in [6, 6.07) is 12.3. The molecule has 0 saturated carbocycles. The molecule has 1 amide bonds. The van der Waals surface area contributed by atoms with Crippen molar-refractivity contribution in [1.82, 2.24) is 4.90 Å². The van der Waals surface area contributed by atoms with Gasteiger partial charge in [0, 0.05) is 18.2 Å². The minimum Gasteiger partial charge on any atom is -0.504 e. The third-order valence-corrected chi connectivity index (χ3v) is 4.77. The first-order chi connectivity index (χ1) is 12.6. The molecule has 0 bridgehead atoms. The molecule has 1 saturated heterocycles. The number of phenols is 1. The van der Waals surface area contributed by atoms with Gasteiger partial charge in [-0.15, -0.1) is 0 Å². The van der Waals surface area contributed by atoms with E-state index in [4.69, 9.17) is 14.2 Å². The molecule has 6 heteroatoms. The molecule has 26 heavy (non-hydrogen) atoms. The number of rotatable bonds is 4. The molecule has 1 fully saturated rings. The summed E-state index contributed by atoms with van der Waals surface area (Å²) in [5, 5.41) is 9.73. The van der Waals surface area contributed by atoms with Gasteiger partial charge in [-0.1, -0.05) is 12.1 Å². The lowest BCUT2D eigenvalue weighted by atomic mass is 10.0. The molecule has 0 aromatic heterocycles. The Bertz CT molecular complexity index is 884. The van der Waals surface area contributed by atoms with Crippen molar-refractivity contribution in [3.8, 4) is 17.2 Å². The molecule has 1 atom stereocenters. The molecule has 1 N–H and O–H groups in total. The van der Waals surface area contributed by atoms with Crippen molar-refractivity contribution in [2.75, 3.05) is 20.8 Å². The van der Waals surface area contributed by atoms with Crippen LogP contribution in [0.15, 0.2) is 48.7 Å². The molecule has 2 aliphatic heterocycles. The number of methoxy groups -OCH3 is 2. The number of phenolic OH excluding ortho intramolecular Hbond substituents is 1. The summed E-state index contributed by atoms with van der Waals surface area (Å²) in [6.45, 7) is 0.504. The van der Waals surface area contributed by atoms with Crippen LogP contribution in [0.4, 0.5) is 0 Å². The summed E-state index contributed by atoms with van der Waals surface area (Å²) in [5.74, 6) is 0.857. The second-order valence-electron chi connectivity index (χ2n) is 6.36. The lowest BCUT2D eigenvalue weighted by molar-refractivity contribution is 0.0649. The van der Waals surface area contributed by atoms with Crippen LogP contribution in [0.2, 0.25) is 0 Å². The monoisotopic (exact) mass is 353 g/mol. The normalized spacial score (nSPS) is 20.8. The zero-order valence-electron chi connectivity index (χ0n) is 14.6. The van der Waals surface area contributed by atoms with E-state index in [2.05, 4.69) is 0 Å². The molecule has 2 heterocycles. The summed E-state index contributed by atoms with van der Waals surface area (Å²) in [7, 11) is 3.08. The van der Waals surface area contributed by atoms with Crippen molar-refractivity contribution in [3.63, 3.8) is 0 Å². The fraction of sp³-hybridized carbons (Fsp3) is 0.250. The second kappa shape index (κ2) is 6.07. The first kappa shape index (κ1) is 16.5. The standard InChI is InChI=1S/C20H19NO5/c1-24-16-6-3-13(4-7-16)15-10-20(12-26-20)21(11-15)19(23)14-5-8-17(22)18(9-14)25-2/h3-9,11,22H,10,12H2,1-2H3/t20-/m1/s1. The van der Waals surface area contributed by atoms with E-state index in [1.165, 1.54) is 19.2 Å². The second-order valence-corrected chi connectivity index (χ2v) is 6.36. The minimum atomic E-state index is -0.600. The number of carbonyl (C=O) groups is 1. The van der Waals surface area contributed by atoms with Gasteiger partial charge in [0.05, 0.1) is 20.8 Å². The van der Waals surface area contributed by atoms with E-state index in [0.29, 0.717) is 18.6 Å². The molecular formula is C20H19NO5. The van der Waals surface area contributed by atoms with Gasteiger partial charge in [-0.25, -0.2) is 0 Å².